The Bertz CT molecular complexity index is 1250. The summed E-state index contributed by atoms with van der Waals surface area (Å²) in [5, 5.41) is 9.22. The van der Waals surface area contributed by atoms with Gasteiger partial charge in [0.2, 0.25) is 0 Å². The lowest BCUT2D eigenvalue weighted by molar-refractivity contribution is -0.137. The van der Waals surface area contributed by atoms with Gasteiger partial charge in [0, 0.05) is 4.88 Å². The van der Waals surface area contributed by atoms with Crippen molar-refractivity contribution in [1.29, 1.82) is 0 Å². The van der Waals surface area contributed by atoms with E-state index >= 15 is 0 Å². The molecule has 3 aromatic rings. The van der Waals surface area contributed by atoms with E-state index in [-0.39, 0.29) is 16.0 Å². The molecule has 0 aliphatic heterocycles. The number of hydrogen-bond acceptors (Lipinski definition) is 4. The quantitative estimate of drug-likeness (QED) is 0.440. The average Bonchev–Trinajstić information content (AvgIpc) is 3.12. The first-order chi connectivity index (χ1) is 14.4. The molecule has 164 valence electrons. The van der Waals surface area contributed by atoms with Gasteiger partial charge in [0.1, 0.15) is 0 Å². The number of carbonyl (C=O) groups is 1. The molecule has 2 aromatic carbocycles. The van der Waals surface area contributed by atoms with Gasteiger partial charge < -0.3 is 5.11 Å². The van der Waals surface area contributed by atoms with Crippen LogP contribution in [0.15, 0.2) is 53.4 Å². The molecular weight excluding hydrogens is 473 g/mol. The molecule has 0 aliphatic rings. The van der Waals surface area contributed by atoms with Crippen molar-refractivity contribution in [3.05, 3.63) is 75.1 Å². The lowest BCUT2D eigenvalue weighted by Gasteiger charge is -2.15. The van der Waals surface area contributed by atoms with Crippen molar-refractivity contribution in [2.45, 2.75) is 30.2 Å². The predicted octanol–water partition coefficient (Wildman–Crippen LogP) is 6.32. The van der Waals surface area contributed by atoms with Gasteiger partial charge in [-0.25, -0.2) is 13.2 Å². The highest BCUT2D eigenvalue weighted by atomic mass is 35.5. The largest absolute Gasteiger partial charge is 0.478 e. The summed E-state index contributed by atoms with van der Waals surface area (Å²) in [6, 6.07) is 9.86. The highest BCUT2D eigenvalue weighted by Crippen LogP contribution is 2.38. The Morgan fingerprint density at radius 1 is 1.06 bits per heavy atom. The first kappa shape index (κ1) is 23.3. The third-order valence-corrected chi connectivity index (χ3v) is 7.65. The smallest absolute Gasteiger partial charge is 0.416 e. The van der Waals surface area contributed by atoms with Gasteiger partial charge in [0.25, 0.3) is 0 Å². The molecule has 0 radical (unpaired) electrons. The molecule has 0 fully saturated rings. The van der Waals surface area contributed by atoms with E-state index in [2.05, 4.69) is 0 Å². The van der Waals surface area contributed by atoms with Gasteiger partial charge in [-0.05, 0) is 59.5 Å². The fourth-order valence-electron chi connectivity index (χ4n) is 3.14. The molecule has 31 heavy (non-hydrogen) atoms. The number of halogens is 4. The van der Waals surface area contributed by atoms with Gasteiger partial charge in [-0.2, -0.15) is 13.2 Å². The van der Waals surface area contributed by atoms with Crippen LogP contribution in [-0.2, 0) is 28.2 Å². The zero-order chi connectivity index (χ0) is 23.0. The van der Waals surface area contributed by atoms with E-state index in [9.17, 15) is 31.5 Å². The van der Waals surface area contributed by atoms with Crippen molar-refractivity contribution in [2.75, 3.05) is 0 Å². The molecule has 10 heteroatoms. The Morgan fingerprint density at radius 3 is 2.32 bits per heavy atom. The van der Waals surface area contributed by atoms with Crippen LogP contribution in [0.2, 0.25) is 4.34 Å². The first-order valence-corrected chi connectivity index (χ1v) is 11.8. The van der Waals surface area contributed by atoms with Crippen molar-refractivity contribution in [2.24, 2.45) is 0 Å². The second-order valence-electron chi connectivity index (χ2n) is 6.71. The second kappa shape index (κ2) is 8.64. The molecule has 4 nitrogen and oxygen atoms in total. The third kappa shape index (κ3) is 5.11. The zero-order valence-corrected chi connectivity index (χ0v) is 18.4. The third-order valence-electron chi connectivity index (χ3n) is 4.65. The van der Waals surface area contributed by atoms with E-state index in [1.165, 1.54) is 18.2 Å². The number of benzene rings is 2. The standard InChI is InChI=1S/C21H16ClF3O4S2/c1-2-12-3-4-13(20(26)27)10-18(12)31(28,29)11-14-9-15(21(23,24)25)5-6-16(14)17-7-8-19(22)30-17/h3-10H,2,11H2,1H3,(H,26,27). The number of alkyl halides is 3. The van der Waals surface area contributed by atoms with Crippen molar-refractivity contribution in [1.82, 2.24) is 0 Å². The topological polar surface area (TPSA) is 71.4 Å². The molecule has 0 unspecified atom stereocenters. The Balaban J connectivity index is 2.16. The van der Waals surface area contributed by atoms with Crippen LogP contribution in [0, 0.1) is 0 Å². The first-order valence-electron chi connectivity index (χ1n) is 8.97. The zero-order valence-electron chi connectivity index (χ0n) is 16.0. The number of rotatable bonds is 6. The summed E-state index contributed by atoms with van der Waals surface area (Å²) in [4.78, 5) is 11.6. The summed E-state index contributed by atoms with van der Waals surface area (Å²) in [5.74, 6) is -2.02. The Labute approximate surface area is 185 Å². The fourth-order valence-corrected chi connectivity index (χ4v) is 5.97. The van der Waals surface area contributed by atoms with Crippen LogP contribution in [-0.4, -0.2) is 19.5 Å². The average molecular weight is 489 g/mol. The van der Waals surface area contributed by atoms with Gasteiger partial charge >= 0.3 is 12.1 Å². The number of aromatic carboxylic acids is 1. The van der Waals surface area contributed by atoms with Crippen LogP contribution in [0.1, 0.15) is 34.0 Å². The molecule has 0 amide bonds. The number of carboxylic acids is 1. The van der Waals surface area contributed by atoms with Gasteiger partial charge in [0.15, 0.2) is 9.84 Å². The Kier molecular flexibility index (Phi) is 6.50. The van der Waals surface area contributed by atoms with Crippen molar-refractivity contribution in [3.8, 4) is 10.4 Å². The van der Waals surface area contributed by atoms with Gasteiger partial charge in [0.05, 0.1) is 26.1 Å². The number of aryl methyl sites for hydroxylation is 1. The van der Waals surface area contributed by atoms with E-state index in [0.29, 0.717) is 26.8 Å². The monoisotopic (exact) mass is 488 g/mol. The van der Waals surface area contributed by atoms with E-state index in [0.717, 1.165) is 29.5 Å². The van der Waals surface area contributed by atoms with Crippen LogP contribution in [0.25, 0.3) is 10.4 Å². The predicted molar refractivity (Wildman–Crippen MR) is 113 cm³/mol. The summed E-state index contributed by atoms with van der Waals surface area (Å²) >= 11 is 7.06. The molecule has 1 aromatic heterocycles. The highest BCUT2D eigenvalue weighted by molar-refractivity contribution is 7.90. The van der Waals surface area contributed by atoms with Crippen LogP contribution < -0.4 is 0 Å². The second-order valence-corrected chi connectivity index (χ2v) is 10.4. The van der Waals surface area contributed by atoms with Crippen LogP contribution in [0.5, 0.6) is 0 Å². The summed E-state index contributed by atoms with van der Waals surface area (Å²) < 4.78 is 66.7. The Morgan fingerprint density at radius 2 is 1.77 bits per heavy atom. The molecule has 0 aliphatic carbocycles. The van der Waals surface area contributed by atoms with E-state index < -0.39 is 33.3 Å². The number of sulfone groups is 1. The minimum Gasteiger partial charge on any atom is -0.478 e. The summed E-state index contributed by atoms with van der Waals surface area (Å²) in [7, 11) is -4.16. The van der Waals surface area contributed by atoms with Gasteiger partial charge in [-0.15, -0.1) is 11.3 Å². The Hall–Kier alpha value is -2.36. The molecule has 3 rings (SSSR count). The van der Waals surface area contributed by atoms with Crippen LogP contribution in [0.3, 0.4) is 0 Å². The minimum atomic E-state index is -4.65. The molecule has 1 heterocycles. The van der Waals surface area contributed by atoms with Crippen molar-refractivity contribution >= 4 is 38.7 Å². The number of hydrogen-bond donors (Lipinski definition) is 1. The molecule has 0 atom stereocenters. The van der Waals surface area contributed by atoms with Crippen molar-refractivity contribution < 1.29 is 31.5 Å². The van der Waals surface area contributed by atoms with E-state index in [1.54, 1.807) is 19.1 Å². The minimum absolute atomic E-state index is 0.0453. The maximum atomic E-state index is 13.3. The van der Waals surface area contributed by atoms with Crippen LogP contribution >= 0.6 is 22.9 Å². The summed E-state index contributed by atoms with van der Waals surface area (Å²) in [6.07, 6.45) is -4.34. The molecule has 0 saturated carbocycles. The lowest BCUT2D eigenvalue weighted by Crippen LogP contribution is -2.12. The fraction of sp³-hybridized carbons (Fsp3) is 0.190. The lowest BCUT2D eigenvalue weighted by atomic mass is 10.0. The number of thiophene rings is 1. The van der Waals surface area contributed by atoms with Gasteiger partial charge in [-0.1, -0.05) is 30.7 Å². The molecule has 0 bridgehead atoms. The maximum Gasteiger partial charge on any atom is 0.416 e. The van der Waals surface area contributed by atoms with E-state index in [4.69, 9.17) is 11.6 Å². The van der Waals surface area contributed by atoms with Crippen LogP contribution in [0.4, 0.5) is 13.2 Å². The van der Waals surface area contributed by atoms with Gasteiger partial charge in [-0.3, -0.25) is 0 Å². The normalized spacial score (nSPS) is 12.2. The molecular formula is C21H16ClF3O4S2. The molecule has 0 saturated heterocycles. The summed E-state index contributed by atoms with van der Waals surface area (Å²) in [5.41, 5.74) is -0.529. The van der Waals surface area contributed by atoms with Crippen molar-refractivity contribution in [3.63, 3.8) is 0 Å². The summed E-state index contributed by atoms with van der Waals surface area (Å²) in [6.45, 7) is 1.71. The molecule has 0 spiro atoms. The highest BCUT2D eigenvalue weighted by Gasteiger charge is 2.32. The molecule has 1 N–H and O–H groups in total. The van der Waals surface area contributed by atoms with E-state index in [1.807, 2.05) is 0 Å². The maximum absolute atomic E-state index is 13.3. The number of carboxylic acid groups (broad SMARTS) is 1. The SMILES string of the molecule is CCc1ccc(C(=O)O)cc1S(=O)(=O)Cc1cc(C(F)(F)F)ccc1-c1ccc(Cl)s1.